The molecule has 0 atom stereocenters. The summed E-state index contributed by atoms with van der Waals surface area (Å²) < 4.78 is 54.2. The minimum Gasteiger partial charge on any atom is -0.493 e. The summed E-state index contributed by atoms with van der Waals surface area (Å²) in [5.74, 6) is 1.82. The van der Waals surface area contributed by atoms with Gasteiger partial charge < -0.3 is 24.4 Å². The fourth-order valence-corrected chi connectivity index (χ4v) is 3.83. The molecule has 0 aliphatic carbocycles. The molecule has 186 valence electrons. The molecule has 1 fully saturated rings. The fourth-order valence-electron chi connectivity index (χ4n) is 3.83. The second-order valence-electron chi connectivity index (χ2n) is 7.75. The molecule has 1 aromatic carbocycles. The van der Waals surface area contributed by atoms with E-state index in [1.54, 1.807) is 12.1 Å². The summed E-state index contributed by atoms with van der Waals surface area (Å²) in [5, 5.41) is 2.92. The summed E-state index contributed by atoms with van der Waals surface area (Å²) >= 11 is 0. The average molecular weight is 483 g/mol. The van der Waals surface area contributed by atoms with Crippen LogP contribution in [-0.4, -0.2) is 76.4 Å². The summed E-state index contributed by atoms with van der Waals surface area (Å²) in [6.45, 7) is 3.89. The molecule has 0 radical (unpaired) electrons. The Bertz CT molecular complexity index is 962. The zero-order chi connectivity index (χ0) is 24.7. The van der Waals surface area contributed by atoms with E-state index in [0.717, 1.165) is 25.4 Å². The highest BCUT2D eigenvalue weighted by Crippen LogP contribution is 2.39. The van der Waals surface area contributed by atoms with Gasteiger partial charge in [0.25, 0.3) is 0 Å². The van der Waals surface area contributed by atoms with E-state index in [9.17, 15) is 18.0 Å². The zero-order valence-corrected chi connectivity index (χ0v) is 19.4. The Balaban J connectivity index is 1.44. The second kappa shape index (κ2) is 11.3. The van der Waals surface area contributed by atoms with E-state index in [4.69, 9.17) is 14.2 Å². The molecule has 0 bridgehead atoms. The largest absolute Gasteiger partial charge is 0.493 e. The first kappa shape index (κ1) is 25.4. The normalized spacial score (nSPS) is 14.6. The summed E-state index contributed by atoms with van der Waals surface area (Å²) in [4.78, 5) is 20.6. The van der Waals surface area contributed by atoms with E-state index in [2.05, 4.69) is 15.2 Å². The molecule has 0 unspecified atom stereocenters. The van der Waals surface area contributed by atoms with Gasteiger partial charge in [0.2, 0.25) is 11.7 Å². The number of nitrogens with zero attached hydrogens (tertiary/aromatic N) is 3. The van der Waals surface area contributed by atoms with Crippen LogP contribution in [0.25, 0.3) is 0 Å². The molecule has 2 aromatic rings. The van der Waals surface area contributed by atoms with Crippen LogP contribution in [-0.2, 0) is 17.4 Å². The van der Waals surface area contributed by atoms with Crippen LogP contribution in [0.1, 0.15) is 11.1 Å². The van der Waals surface area contributed by atoms with Gasteiger partial charge in [-0.2, -0.15) is 13.2 Å². The van der Waals surface area contributed by atoms with Crippen LogP contribution in [0.2, 0.25) is 0 Å². The minimum absolute atomic E-state index is 0.136. The molecular weight excluding hydrogens is 453 g/mol. The third kappa shape index (κ3) is 6.22. The highest BCUT2D eigenvalue weighted by atomic mass is 19.4. The molecule has 3 rings (SSSR count). The summed E-state index contributed by atoms with van der Waals surface area (Å²) in [6, 6.07) is 5.96. The van der Waals surface area contributed by atoms with Crippen molar-refractivity contribution in [3.8, 4) is 17.2 Å². The van der Waals surface area contributed by atoms with Gasteiger partial charge in [-0.15, -0.1) is 0 Å². The zero-order valence-electron chi connectivity index (χ0n) is 19.4. The molecule has 1 amide bonds. The molecule has 1 N–H and O–H groups in total. The Morgan fingerprint density at radius 3 is 2.26 bits per heavy atom. The lowest BCUT2D eigenvalue weighted by molar-refractivity contribution is -0.137. The maximum atomic E-state index is 12.7. The lowest BCUT2D eigenvalue weighted by atomic mass is 10.1. The Morgan fingerprint density at radius 2 is 1.71 bits per heavy atom. The van der Waals surface area contributed by atoms with Gasteiger partial charge in [-0.25, -0.2) is 4.98 Å². The number of aromatic nitrogens is 1. The average Bonchev–Trinajstić information content (AvgIpc) is 2.83. The van der Waals surface area contributed by atoms with Crippen LogP contribution in [0.4, 0.5) is 19.0 Å². The molecule has 1 aliphatic heterocycles. The Kier molecular flexibility index (Phi) is 8.43. The number of amides is 1. The van der Waals surface area contributed by atoms with Gasteiger partial charge in [-0.1, -0.05) is 6.07 Å². The number of rotatable bonds is 9. The smallest absolute Gasteiger partial charge is 0.417 e. The van der Waals surface area contributed by atoms with Crippen molar-refractivity contribution >= 4 is 11.7 Å². The molecule has 0 spiro atoms. The van der Waals surface area contributed by atoms with E-state index in [-0.39, 0.29) is 12.3 Å². The molecule has 1 saturated heterocycles. The first-order chi connectivity index (χ1) is 16.3. The van der Waals surface area contributed by atoms with Crippen LogP contribution in [0.5, 0.6) is 17.2 Å². The number of carbonyl (C=O) groups is 1. The number of ether oxygens (including phenoxy) is 3. The number of hydrogen-bond donors (Lipinski definition) is 1. The number of methoxy groups -OCH3 is 3. The molecule has 1 aromatic heterocycles. The SMILES string of the molecule is COc1ccc(CC(=O)NCCN2CCN(c3ccc(C(F)(F)F)cn3)CC2)c(OC)c1OC. The van der Waals surface area contributed by atoms with Crippen LogP contribution < -0.4 is 24.4 Å². The van der Waals surface area contributed by atoms with Gasteiger partial charge in [0.15, 0.2) is 11.5 Å². The van der Waals surface area contributed by atoms with E-state index >= 15 is 0 Å². The molecule has 0 saturated carbocycles. The van der Waals surface area contributed by atoms with Crippen molar-refractivity contribution in [2.45, 2.75) is 12.6 Å². The number of alkyl halides is 3. The summed E-state index contributed by atoms with van der Waals surface area (Å²) in [7, 11) is 4.56. The highest BCUT2D eigenvalue weighted by Gasteiger charge is 2.31. The lowest BCUT2D eigenvalue weighted by Crippen LogP contribution is -2.48. The number of halogens is 3. The van der Waals surface area contributed by atoms with E-state index < -0.39 is 11.7 Å². The Labute approximate surface area is 196 Å². The molecule has 8 nitrogen and oxygen atoms in total. The van der Waals surface area contributed by atoms with Crippen LogP contribution in [0.15, 0.2) is 30.5 Å². The van der Waals surface area contributed by atoms with Crippen molar-refractivity contribution in [3.63, 3.8) is 0 Å². The third-order valence-electron chi connectivity index (χ3n) is 5.66. The number of piperazine rings is 1. The van der Waals surface area contributed by atoms with E-state index in [1.807, 2.05) is 4.90 Å². The van der Waals surface area contributed by atoms with Crippen molar-refractivity contribution in [2.75, 3.05) is 65.5 Å². The maximum absolute atomic E-state index is 12.7. The second-order valence-corrected chi connectivity index (χ2v) is 7.75. The van der Waals surface area contributed by atoms with Crippen molar-refractivity contribution in [2.24, 2.45) is 0 Å². The highest BCUT2D eigenvalue weighted by molar-refractivity contribution is 5.80. The van der Waals surface area contributed by atoms with Crippen molar-refractivity contribution < 1.29 is 32.2 Å². The minimum atomic E-state index is -4.39. The number of anilines is 1. The topological polar surface area (TPSA) is 76.2 Å². The number of hydrogen-bond acceptors (Lipinski definition) is 7. The predicted molar refractivity (Wildman–Crippen MR) is 121 cm³/mol. The summed E-state index contributed by atoms with van der Waals surface area (Å²) in [5.41, 5.74) is -0.0633. The maximum Gasteiger partial charge on any atom is 0.417 e. The number of nitrogens with one attached hydrogen (secondary N) is 1. The molecular formula is C23H29F3N4O4. The standard InChI is InChI=1S/C23H29F3N4O4/c1-32-18-6-4-16(21(33-2)22(18)34-3)14-20(31)27-8-9-29-10-12-30(13-11-29)19-7-5-17(15-28-19)23(24,25)26/h4-7,15H,8-14H2,1-3H3,(H,27,31). The van der Waals surface area contributed by atoms with Gasteiger partial charge >= 0.3 is 6.18 Å². The monoisotopic (exact) mass is 482 g/mol. The molecule has 34 heavy (non-hydrogen) atoms. The van der Waals surface area contributed by atoms with Crippen LogP contribution >= 0.6 is 0 Å². The summed E-state index contributed by atoms with van der Waals surface area (Å²) in [6.07, 6.45) is -3.39. The van der Waals surface area contributed by atoms with Crippen molar-refractivity contribution in [1.29, 1.82) is 0 Å². The van der Waals surface area contributed by atoms with E-state index in [0.29, 0.717) is 54.8 Å². The molecule has 11 heteroatoms. The van der Waals surface area contributed by atoms with Crippen molar-refractivity contribution in [1.82, 2.24) is 15.2 Å². The van der Waals surface area contributed by atoms with Gasteiger partial charge in [0, 0.05) is 51.0 Å². The number of carbonyl (C=O) groups excluding carboxylic acids is 1. The van der Waals surface area contributed by atoms with Crippen LogP contribution in [0.3, 0.4) is 0 Å². The Morgan fingerprint density at radius 1 is 1.00 bits per heavy atom. The number of pyridine rings is 1. The lowest BCUT2D eigenvalue weighted by Gasteiger charge is -2.35. The van der Waals surface area contributed by atoms with E-state index in [1.165, 1.54) is 27.4 Å². The van der Waals surface area contributed by atoms with Gasteiger partial charge in [-0.3, -0.25) is 9.69 Å². The number of benzene rings is 1. The first-order valence-electron chi connectivity index (χ1n) is 10.8. The van der Waals surface area contributed by atoms with Gasteiger partial charge in [0.1, 0.15) is 5.82 Å². The van der Waals surface area contributed by atoms with Gasteiger partial charge in [-0.05, 0) is 18.2 Å². The Hall–Kier alpha value is -3.21. The molecule has 1 aliphatic rings. The molecule has 2 heterocycles. The predicted octanol–water partition coefficient (Wildman–Crippen LogP) is 2.61. The quantitative estimate of drug-likeness (QED) is 0.589. The van der Waals surface area contributed by atoms with Crippen molar-refractivity contribution in [3.05, 3.63) is 41.6 Å². The third-order valence-corrected chi connectivity index (χ3v) is 5.66. The fraction of sp³-hybridized carbons (Fsp3) is 0.478. The van der Waals surface area contributed by atoms with Crippen LogP contribution in [0, 0.1) is 0 Å². The van der Waals surface area contributed by atoms with Gasteiger partial charge in [0.05, 0.1) is 33.3 Å². The first-order valence-corrected chi connectivity index (χ1v) is 10.8.